The van der Waals surface area contributed by atoms with Crippen LogP contribution in [-0.2, 0) is 11.2 Å². The molecule has 5 nitrogen and oxygen atoms in total. The summed E-state index contributed by atoms with van der Waals surface area (Å²) in [5, 5.41) is 22.8. The zero-order chi connectivity index (χ0) is 18.6. The molecule has 1 heterocycles. The molecule has 0 radical (unpaired) electrons. The first kappa shape index (κ1) is 17.3. The van der Waals surface area contributed by atoms with Gasteiger partial charge in [0.15, 0.2) is 5.17 Å². The van der Waals surface area contributed by atoms with Crippen LogP contribution in [0.3, 0.4) is 0 Å². The topological polar surface area (TPSA) is 74.0 Å². The maximum Gasteiger partial charge on any atom is 0.239 e. The Kier molecular flexibility index (Phi) is 4.89. The lowest BCUT2D eigenvalue weighted by molar-refractivity contribution is -0.118. The van der Waals surface area contributed by atoms with Gasteiger partial charge in [0.1, 0.15) is 5.75 Å². The third-order valence-corrected chi connectivity index (χ3v) is 5.38. The van der Waals surface area contributed by atoms with Gasteiger partial charge in [-0.25, -0.2) is 0 Å². The predicted molar refractivity (Wildman–Crippen MR) is 110 cm³/mol. The second-order valence-electron chi connectivity index (χ2n) is 6.18. The minimum atomic E-state index is -0.224. The Bertz CT molecular complexity index is 1040. The molecule has 1 aliphatic heterocycles. The number of nitrogens with zero attached hydrogens (tertiary/aromatic N) is 2. The number of thioether (sulfide) groups is 1. The molecule has 4 rings (SSSR count). The Hall–Kier alpha value is -3.12. The molecule has 1 aliphatic rings. The number of phenolic OH excluding ortho intramolecular Hbond substituents is 1. The summed E-state index contributed by atoms with van der Waals surface area (Å²) in [5.74, 6) is 0.153. The van der Waals surface area contributed by atoms with Crippen molar-refractivity contribution in [2.75, 3.05) is 0 Å². The van der Waals surface area contributed by atoms with Crippen molar-refractivity contribution in [1.82, 2.24) is 5.32 Å². The lowest BCUT2D eigenvalue weighted by Crippen LogP contribution is -2.26. The largest absolute Gasteiger partial charge is 0.508 e. The average Bonchev–Trinajstić information content (AvgIpc) is 3.03. The number of hydrogen-bond acceptors (Lipinski definition) is 5. The molecule has 6 heteroatoms. The molecule has 1 saturated heterocycles. The van der Waals surface area contributed by atoms with Crippen LogP contribution in [0.15, 0.2) is 76.9 Å². The quantitative estimate of drug-likeness (QED) is 0.539. The van der Waals surface area contributed by atoms with Crippen LogP contribution in [0, 0.1) is 0 Å². The van der Waals surface area contributed by atoms with Crippen LogP contribution >= 0.6 is 11.8 Å². The lowest BCUT2D eigenvalue weighted by atomic mass is 10.0. The standard InChI is InChI=1S/C21H17N3O2S/c25-17-10-8-14(9-11-17)13-22-24-21-23-20(26)19(27-21)12-16-6-3-5-15-4-1-2-7-18(15)16/h1-11,13,19,25H,12H2,(H,23,24,26). The average molecular weight is 375 g/mol. The fourth-order valence-electron chi connectivity index (χ4n) is 2.97. The van der Waals surface area contributed by atoms with Gasteiger partial charge < -0.3 is 10.4 Å². The Morgan fingerprint density at radius 1 is 1.04 bits per heavy atom. The molecule has 27 heavy (non-hydrogen) atoms. The molecular formula is C21H17N3O2S. The normalized spacial score (nSPS) is 18.4. The lowest BCUT2D eigenvalue weighted by Gasteiger charge is -2.09. The van der Waals surface area contributed by atoms with E-state index in [0.29, 0.717) is 11.6 Å². The van der Waals surface area contributed by atoms with Crippen LogP contribution in [-0.4, -0.2) is 27.6 Å². The molecule has 0 saturated carbocycles. The first-order valence-corrected chi connectivity index (χ1v) is 9.41. The van der Waals surface area contributed by atoms with Gasteiger partial charge in [-0.15, -0.1) is 5.10 Å². The summed E-state index contributed by atoms with van der Waals surface area (Å²) in [6.07, 6.45) is 2.22. The number of rotatable bonds is 4. The van der Waals surface area contributed by atoms with E-state index >= 15 is 0 Å². The molecule has 0 aromatic heterocycles. The van der Waals surface area contributed by atoms with E-state index in [-0.39, 0.29) is 16.9 Å². The minimum Gasteiger partial charge on any atom is -0.508 e. The third kappa shape index (κ3) is 4.01. The SMILES string of the molecule is O=C1NC(=NN=Cc2ccc(O)cc2)SC1Cc1cccc2ccccc12. The number of aromatic hydroxyl groups is 1. The number of phenols is 1. The molecule has 0 spiro atoms. The van der Waals surface area contributed by atoms with Gasteiger partial charge in [0, 0.05) is 0 Å². The van der Waals surface area contributed by atoms with Crippen LogP contribution in [0.5, 0.6) is 5.75 Å². The molecule has 3 aromatic rings. The van der Waals surface area contributed by atoms with Gasteiger partial charge in [0.25, 0.3) is 0 Å². The van der Waals surface area contributed by atoms with Crippen LogP contribution in [0.1, 0.15) is 11.1 Å². The number of benzene rings is 3. The first-order chi connectivity index (χ1) is 13.2. The molecule has 3 aromatic carbocycles. The highest BCUT2D eigenvalue weighted by Crippen LogP contribution is 2.27. The van der Waals surface area contributed by atoms with Gasteiger partial charge in [-0.3, -0.25) is 4.79 Å². The molecule has 134 valence electrons. The zero-order valence-electron chi connectivity index (χ0n) is 14.4. The van der Waals surface area contributed by atoms with Gasteiger partial charge in [-0.05, 0) is 52.6 Å². The summed E-state index contributed by atoms with van der Waals surface area (Å²) in [7, 11) is 0. The molecule has 2 N–H and O–H groups in total. The van der Waals surface area contributed by atoms with E-state index in [1.807, 2.05) is 18.2 Å². The summed E-state index contributed by atoms with van der Waals surface area (Å²) in [5.41, 5.74) is 1.97. The summed E-state index contributed by atoms with van der Waals surface area (Å²) in [6.45, 7) is 0. The van der Waals surface area contributed by atoms with E-state index in [9.17, 15) is 9.90 Å². The van der Waals surface area contributed by atoms with E-state index in [1.165, 1.54) is 22.5 Å². The summed E-state index contributed by atoms with van der Waals surface area (Å²) >= 11 is 1.40. The van der Waals surface area contributed by atoms with Crippen molar-refractivity contribution in [3.05, 3.63) is 77.9 Å². The fraction of sp³-hybridized carbons (Fsp3) is 0.0952. The Morgan fingerprint density at radius 3 is 2.67 bits per heavy atom. The maximum atomic E-state index is 12.3. The predicted octanol–water partition coefficient (Wildman–Crippen LogP) is 3.71. The Balaban J connectivity index is 1.46. The molecule has 0 bridgehead atoms. The Labute approximate surface area is 160 Å². The van der Waals surface area contributed by atoms with Crippen LogP contribution < -0.4 is 5.32 Å². The van der Waals surface area contributed by atoms with Gasteiger partial charge in [-0.1, -0.05) is 54.2 Å². The zero-order valence-corrected chi connectivity index (χ0v) is 15.2. The van der Waals surface area contributed by atoms with Gasteiger partial charge in [0.2, 0.25) is 5.91 Å². The van der Waals surface area contributed by atoms with Crippen LogP contribution in [0.4, 0.5) is 0 Å². The first-order valence-electron chi connectivity index (χ1n) is 8.53. The summed E-state index contributed by atoms with van der Waals surface area (Å²) in [6, 6.07) is 21.0. The van der Waals surface area contributed by atoms with Gasteiger partial charge >= 0.3 is 0 Å². The maximum absolute atomic E-state index is 12.3. The van der Waals surface area contributed by atoms with E-state index in [0.717, 1.165) is 11.1 Å². The van der Waals surface area contributed by atoms with Crippen molar-refractivity contribution in [3.8, 4) is 5.75 Å². The number of carbonyl (C=O) groups excluding carboxylic acids is 1. The van der Waals surface area contributed by atoms with Crippen molar-refractivity contribution in [2.24, 2.45) is 10.2 Å². The number of carbonyl (C=O) groups is 1. The van der Waals surface area contributed by atoms with Crippen molar-refractivity contribution >= 4 is 39.8 Å². The van der Waals surface area contributed by atoms with Crippen LogP contribution in [0.25, 0.3) is 10.8 Å². The number of fused-ring (bicyclic) bond motifs is 1. The highest BCUT2D eigenvalue weighted by molar-refractivity contribution is 8.15. The Morgan fingerprint density at radius 2 is 1.81 bits per heavy atom. The highest BCUT2D eigenvalue weighted by atomic mass is 32.2. The fourth-order valence-corrected chi connectivity index (χ4v) is 3.92. The number of hydrogen-bond donors (Lipinski definition) is 2. The number of amidine groups is 1. The van der Waals surface area contributed by atoms with Gasteiger partial charge in [-0.2, -0.15) is 5.10 Å². The smallest absolute Gasteiger partial charge is 0.239 e. The monoisotopic (exact) mass is 375 g/mol. The van der Waals surface area contributed by atoms with E-state index in [2.05, 4.69) is 39.8 Å². The third-order valence-electron chi connectivity index (χ3n) is 4.31. The van der Waals surface area contributed by atoms with E-state index in [4.69, 9.17) is 0 Å². The second-order valence-corrected chi connectivity index (χ2v) is 7.37. The second kappa shape index (κ2) is 7.63. The van der Waals surface area contributed by atoms with Crippen molar-refractivity contribution < 1.29 is 9.90 Å². The van der Waals surface area contributed by atoms with E-state index in [1.54, 1.807) is 30.5 Å². The molecule has 0 aliphatic carbocycles. The molecule has 1 fully saturated rings. The van der Waals surface area contributed by atoms with E-state index < -0.39 is 0 Å². The summed E-state index contributed by atoms with van der Waals surface area (Å²) in [4.78, 5) is 12.3. The molecule has 1 unspecified atom stereocenters. The van der Waals surface area contributed by atoms with Crippen LogP contribution in [0.2, 0.25) is 0 Å². The van der Waals surface area contributed by atoms with Crippen molar-refractivity contribution in [1.29, 1.82) is 0 Å². The number of amides is 1. The molecule has 1 atom stereocenters. The van der Waals surface area contributed by atoms with Gasteiger partial charge in [0.05, 0.1) is 11.5 Å². The molecule has 1 amide bonds. The number of nitrogens with one attached hydrogen (secondary N) is 1. The highest BCUT2D eigenvalue weighted by Gasteiger charge is 2.30. The van der Waals surface area contributed by atoms with Crippen molar-refractivity contribution in [3.63, 3.8) is 0 Å². The summed E-state index contributed by atoms with van der Waals surface area (Å²) < 4.78 is 0. The molecular weight excluding hydrogens is 358 g/mol. The minimum absolute atomic E-state index is 0.0495. The van der Waals surface area contributed by atoms with Crippen molar-refractivity contribution in [2.45, 2.75) is 11.7 Å².